The van der Waals surface area contributed by atoms with E-state index in [-0.39, 0.29) is 18.0 Å². The highest BCUT2D eigenvalue weighted by Gasteiger charge is 2.09. The van der Waals surface area contributed by atoms with Crippen molar-refractivity contribution in [1.29, 1.82) is 0 Å². The Morgan fingerprint density at radius 2 is 1.83 bits per heavy atom. The van der Waals surface area contributed by atoms with Gasteiger partial charge in [-0.05, 0) is 12.0 Å². The van der Waals surface area contributed by atoms with E-state index in [2.05, 4.69) is 5.32 Å². The average molecular weight is 250 g/mol. The molecule has 0 aliphatic carbocycles. The highest BCUT2D eigenvalue weighted by molar-refractivity contribution is 5.95. The van der Waals surface area contributed by atoms with Crippen molar-refractivity contribution < 1.29 is 14.5 Å². The molecule has 0 radical (unpaired) electrons. The van der Waals surface area contributed by atoms with Gasteiger partial charge in [0.25, 0.3) is 5.69 Å². The summed E-state index contributed by atoms with van der Waals surface area (Å²) in [5.41, 5.74) is 0.601. The minimum Gasteiger partial charge on any atom is -0.296 e. The van der Waals surface area contributed by atoms with E-state index < -0.39 is 10.8 Å². The van der Waals surface area contributed by atoms with E-state index in [1.54, 1.807) is 0 Å². The van der Waals surface area contributed by atoms with Gasteiger partial charge in [-0.25, -0.2) is 0 Å². The van der Waals surface area contributed by atoms with Gasteiger partial charge in [-0.3, -0.25) is 25.0 Å². The largest absolute Gasteiger partial charge is 0.296 e. The maximum absolute atomic E-state index is 11.5. The van der Waals surface area contributed by atoms with Gasteiger partial charge in [0.1, 0.15) is 0 Å². The molecule has 0 saturated heterocycles. The number of nitrogens with zero attached hydrogens (tertiary/aromatic N) is 1. The number of nitrogens with one attached hydrogen (secondary N) is 1. The van der Waals surface area contributed by atoms with Crippen molar-refractivity contribution in [2.75, 3.05) is 0 Å². The third-order valence-corrected chi connectivity index (χ3v) is 2.27. The number of benzene rings is 1. The lowest BCUT2D eigenvalue weighted by atomic mass is 10.1. The highest BCUT2D eigenvalue weighted by Crippen LogP contribution is 2.12. The molecule has 0 aliphatic rings. The van der Waals surface area contributed by atoms with Crippen molar-refractivity contribution >= 4 is 17.5 Å². The van der Waals surface area contributed by atoms with E-state index >= 15 is 0 Å². The first kappa shape index (κ1) is 13.8. The Labute approximate surface area is 104 Å². The Balaban J connectivity index is 2.54. The Hall–Kier alpha value is -2.24. The van der Waals surface area contributed by atoms with E-state index in [1.165, 1.54) is 24.3 Å². The van der Waals surface area contributed by atoms with Crippen LogP contribution in [-0.2, 0) is 16.0 Å². The number of nitro benzene ring substituents is 1. The van der Waals surface area contributed by atoms with E-state index in [0.29, 0.717) is 18.4 Å². The van der Waals surface area contributed by atoms with Crippen LogP contribution in [0.5, 0.6) is 0 Å². The number of carbonyl (C=O) groups is 2. The Morgan fingerprint density at radius 3 is 2.33 bits per heavy atom. The zero-order valence-electron chi connectivity index (χ0n) is 10.0. The molecule has 0 saturated carbocycles. The molecule has 18 heavy (non-hydrogen) atoms. The minimum absolute atomic E-state index is 0.0267. The second-order valence-corrected chi connectivity index (χ2v) is 3.82. The predicted molar refractivity (Wildman–Crippen MR) is 64.9 cm³/mol. The first-order chi connectivity index (χ1) is 8.52. The van der Waals surface area contributed by atoms with Crippen molar-refractivity contribution in [2.45, 2.75) is 26.2 Å². The van der Waals surface area contributed by atoms with Crippen LogP contribution in [0.1, 0.15) is 25.3 Å². The highest BCUT2D eigenvalue weighted by atomic mass is 16.6. The zero-order chi connectivity index (χ0) is 13.5. The molecule has 1 aromatic carbocycles. The number of non-ortho nitro benzene ring substituents is 1. The Kier molecular flexibility index (Phi) is 4.98. The van der Waals surface area contributed by atoms with Crippen LogP contribution in [0.4, 0.5) is 5.69 Å². The van der Waals surface area contributed by atoms with Crippen LogP contribution in [0.25, 0.3) is 0 Å². The molecular weight excluding hydrogens is 236 g/mol. The lowest BCUT2D eigenvalue weighted by molar-refractivity contribution is -0.384. The summed E-state index contributed by atoms with van der Waals surface area (Å²) in [7, 11) is 0. The van der Waals surface area contributed by atoms with Gasteiger partial charge in [0.05, 0.1) is 11.3 Å². The predicted octanol–water partition coefficient (Wildman–Crippen LogP) is 1.58. The summed E-state index contributed by atoms with van der Waals surface area (Å²) in [5, 5.41) is 12.7. The number of nitro groups is 1. The van der Waals surface area contributed by atoms with Crippen LogP contribution in [-0.4, -0.2) is 16.7 Å². The average Bonchev–Trinajstić information content (AvgIpc) is 2.29. The molecule has 0 atom stereocenters. The van der Waals surface area contributed by atoms with E-state index in [1.807, 2.05) is 6.92 Å². The molecule has 0 aliphatic heterocycles. The molecule has 0 bridgehead atoms. The van der Waals surface area contributed by atoms with E-state index in [0.717, 1.165) is 0 Å². The number of hydrogen-bond acceptors (Lipinski definition) is 4. The molecule has 96 valence electrons. The summed E-state index contributed by atoms with van der Waals surface area (Å²) in [6.07, 6.45) is 1.02. The lowest BCUT2D eigenvalue weighted by Crippen LogP contribution is -2.31. The van der Waals surface area contributed by atoms with Crippen LogP contribution >= 0.6 is 0 Å². The first-order valence-corrected chi connectivity index (χ1v) is 5.59. The van der Waals surface area contributed by atoms with Crippen molar-refractivity contribution in [3.05, 3.63) is 39.9 Å². The number of rotatable bonds is 5. The third-order valence-electron chi connectivity index (χ3n) is 2.27. The molecule has 6 nitrogen and oxygen atoms in total. The number of hydrogen-bond donors (Lipinski definition) is 1. The van der Waals surface area contributed by atoms with Crippen molar-refractivity contribution in [2.24, 2.45) is 0 Å². The summed E-state index contributed by atoms with van der Waals surface area (Å²) in [5.74, 6) is -0.702. The van der Waals surface area contributed by atoms with Crippen molar-refractivity contribution in [3.8, 4) is 0 Å². The fourth-order valence-corrected chi connectivity index (χ4v) is 1.41. The van der Waals surface area contributed by atoms with Crippen molar-refractivity contribution in [1.82, 2.24) is 5.32 Å². The molecule has 0 fully saturated rings. The van der Waals surface area contributed by atoms with Crippen LogP contribution in [0.15, 0.2) is 24.3 Å². The first-order valence-electron chi connectivity index (χ1n) is 5.59. The van der Waals surface area contributed by atoms with Gasteiger partial charge in [0.2, 0.25) is 11.8 Å². The zero-order valence-corrected chi connectivity index (χ0v) is 10.0. The number of carbonyl (C=O) groups excluding carboxylic acids is 2. The summed E-state index contributed by atoms with van der Waals surface area (Å²) >= 11 is 0. The van der Waals surface area contributed by atoms with Gasteiger partial charge in [-0.15, -0.1) is 0 Å². The third kappa shape index (κ3) is 4.32. The molecule has 2 amide bonds. The van der Waals surface area contributed by atoms with Gasteiger partial charge >= 0.3 is 0 Å². The lowest BCUT2D eigenvalue weighted by Gasteiger charge is -2.03. The number of imide groups is 1. The SMILES string of the molecule is CCCC(=O)NC(=O)Cc1ccc([N+](=O)[O-])cc1. The summed E-state index contributed by atoms with van der Waals surface area (Å²) in [6, 6.07) is 5.66. The summed E-state index contributed by atoms with van der Waals surface area (Å²) in [6.45, 7) is 1.85. The summed E-state index contributed by atoms with van der Waals surface area (Å²) < 4.78 is 0. The fraction of sp³-hybridized carbons (Fsp3) is 0.333. The molecular formula is C12H14N2O4. The Bertz CT molecular complexity index is 454. The van der Waals surface area contributed by atoms with Gasteiger partial charge < -0.3 is 0 Å². The normalized spacial score (nSPS) is 9.83. The van der Waals surface area contributed by atoms with Crippen LogP contribution in [0.3, 0.4) is 0 Å². The van der Waals surface area contributed by atoms with Gasteiger partial charge in [-0.2, -0.15) is 0 Å². The standard InChI is InChI=1S/C12H14N2O4/c1-2-3-11(15)13-12(16)8-9-4-6-10(7-5-9)14(17)18/h4-7H,2-3,8H2,1H3,(H,13,15,16). The van der Waals surface area contributed by atoms with E-state index in [4.69, 9.17) is 0 Å². The topological polar surface area (TPSA) is 89.3 Å². The summed E-state index contributed by atoms with van der Waals surface area (Å²) in [4.78, 5) is 32.5. The van der Waals surface area contributed by atoms with Crippen LogP contribution < -0.4 is 5.32 Å². The van der Waals surface area contributed by atoms with E-state index in [9.17, 15) is 19.7 Å². The van der Waals surface area contributed by atoms with Crippen LogP contribution in [0, 0.1) is 10.1 Å². The second kappa shape index (κ2) is 6.48. The molecule has 0 heterocycles. The smallest absolute Gasteiger partial charge is 0.269 e. The molecule has 1 aromatic rings. The second-order valence-electron chi connectivity index (χ2n) is 3.82. The fourth-order valence-electron chi connectivity index (χ4n) is 1.41. The maximum atomic E-state index is 11.5. The number of amides is 2. The van der Waals surface area contributed by atoms with Crippen molar-refractivity contribution in [3.63, 3.8) is 0 Å². The molecule has 0 spiro atoms. The molecule has 1 rings (SSSR count). The minimum atomic E-state index is -0.505. The molecule has 0 unspecified atom stereocenters. The Morgan fingerprint density at radius 1 is 1.22 bits per heavy atom. The quantitative estimate of drug-likeness (QED) is 0.634. The molecule has 6 heteroatoms. The van der Waals surface area contributed by atoms with Gasteiger partial charge in [0.15, 0.2) is 0 Å². The van der Waals surface area contributed by atoms with Gasteiger partial charge in [0, 0.05) is 18.6 Å². The van der Waals surface area contributed by atoms with Gasteiger partial charge in [-0.1, -0.05) is 19.1 Å². The maximum Gasteiger partial charge on any atom is 0.269 e. The molecule has 0 aromatic heterocycles. The van der Waals surface area contributed by atoms with Crippen LogP contribution in [0.2, 0.25) is 0 Å². The monoisotopic (exact) mass is 250 g/mol. The molecule has 1 N–H and O–H groups in total.